The van der Waals surface area contributed by atoms with E-state index in [2.05, 4.69) is 23.2 Å². The Balaban J connectivity index is 1.40. The van der Waals surface area contributed by atoms with E-state index in [0.29, 0.717) is 47.7 Å². The average Bonchev–Trinajstić information content (AvgIpc) is 3.09. The van der Waals surface area contributed by atoms with Gasteiger partial charge in [-0.2, -0.15) is 10.5 Å². The van der Waals surface area contributed by atoms with E-state index in [1.165, 1.54) is 31.4 Å². The molecule has 1 aliphatic heterocycles. The average molecular weight is 633 g/mol. The van der Waals surface area contributed by atoms with E-state index in [9.17, 15) is 24.8 Å². The topological polar surface area (TPSA) is 155 Å². The number of amides is 1. The molecular formula is C36H33FN6O4. The molecule has 10 nitrogen and oxygen atoms in total. The number of hydrogen-bond acceptors (Lipinski definition) is 9. The summed E-state index contributed by atoms with van der Waals surface area (Å²) in [5.41, 5.74) is 5.59. The van der Waals surface area contributed by atoms with Gasteiger partial charge in [-0.05, 0) is 64.9 Å². The maximum absolute atomic E-state index is 14.9. The predicted molar refractivity (Wildman–Crippen MR) is 175 cm³/mol. The summed E-state index contributed by atoms with van der Waals surface area (Å²) in [7, 11) is 1.45. The predicted octanol–water partition coefficient (Wildman–Crippen LogP) is 5.54. The Kier molecular flexibility index (Phi) is 10.1. The van der Waals surface area contributed by atoms with Crippen molar-refractivity contribution in [2.24, 2.45) is 5.92 Å². The van der Waals surface area contributed by atoms with Crippen molar-refractivity contribution in [3.05, 3.63) is 101 Å². The fourth-order valence-corrected chi connectivity index (χ4v) is 5.83. The lowest BCUT2D eigenvalue weighted by Crippen LogP contribution is -2.48. The number of hydrogen-bond donors (Lipinski definition) is 4. The number of benzene rings is 3. The summed E-state index contributed by atoms with van der Waals surface area (Å²) in [6, 6.07) is 21.2. The number of nitrogens with one attached hydrogen (secondary N) is 2. The monoisotopic (exact) mass is 632 g/mol. The third-order valence-electron chi connectivity index (χ3n) is 8.33. The second-order valence-electron chi connectivity index (χ2n) is 11.3. The number of anilines is 1. The van der Waals surface area contributed by atoms with Gasteiger partial charge in [-0.15, -0.1) is 0 Å². The van der Waals surface area contributed by atoms with Gasteiger partial charge in [0.05, 0.1) is 12.7 Å². The van der Waals surface area contributed by atoms with E-state index in [1.807, 2.05) is 30.3 Å². The number of rotatable bonds is 9. The zero-order valence-electron chi connectivity index (χ0n) is 25.9. The summed E-state index contributed by atoms with van der Waals surface area (Å²) >= 11 is 0. The number of hydroxylamine groups is 1. The molecule has 2 atom stereocenters. The number of pyridine rings is 1. The van der Waals surface area contributed by atoms with Gasteiger partial charge in [0.1, 0.15) is 29.3 Å². The molecule has 0 bridgehead atoms. The Labute approximate surface area is 271 Å². The number of carbonyl (C=O) groups excluding carboxylic acids is 1. The first-order valence-electron chi connectivity index (χ1n) is 15.0. The molecule has 3 aromatic carbocycles. The SMILES string of the molecule is COc1ccc(-c2cnc(N3CCC(NCc4ccc(/C=C/C(=O)NO)cc4)C(C)C3)c(C#N)c2-c2ccc(C#N)c(F)c2)cc1O. The third-order valence-corrected chi connectivity index (χ3v) is 8.33. The van der Waals surface area contributed by atoms with E-state index in [1.54, 1.807) is 36.0 Å². The second kappa shape index (κ2) is 14.6. The smallest absolute Gasteiger partial charge is 0.267 e. The van der Waals surface area contributed by atoms with Crippen LogP contribution < -0.4 is 20.4 Å². The van der Waals surface area contributed by atoms with Crippen LogP contribution in [0.3, 0.4) is 0 Å². The molecule has 1 amide bonds. The summed E-state index contributed by atoms with van der Waals surface area (Å²) in [6.07, 6.45) is 5.28. The fourth-order valence-electron chi connectivity index (χ4n) is 5.83. The summed E-state index contributed by atoms with van der Waals surface area (Å²) in [5.74, 6) is -0.414. The van der Waals surface area contributed by atoms with Gasteiger partial charge >= 0.3 is 0 Å². The van der Waals surface area contributed by atoms with Crippen LogP contribution in [0.2, 0.25) is 0 Å². The van der Waals surface area contributed by atoms with Gasteiger partial charge in [-0.25, -0.2) is 14.9 Å². The molecule has 2 unspecified atom stereocenters. The lowest BCUT2D eigenvalue weighted by molar-refractivity contribution is -0.124. The molecule has 238 valence electrons. The number of nitriles is 2. The highest BCUT2D eigenvalue weighted by Crippen LogP contribution is 2.41. The quantitative estimate of drug-likeness (QED) is 0.106. The molecule has 0 spiro atoms. The minimum Gasteiger partial charge on any atom is -0.504 e. The van der Waals surface area contributed by atoms with Crippen LogP contribution in [-0.2, 0) is 11.3 Å². The maximum atomic E-state index is 14.9. The molecule has 1 saturated heterocycles. The normalized spacial score (nSPS) is 16.0. The van der Waals surface area contributed by atoms with E-state index in [4.69, 9.17) is 14.9 Å². The molecule has 5 rings (SSSR count). The molecule has 2 heterocycles. The molecule has 0 aliphatic carbocycles. The van der Waals surface area contributed by atoms with Crippen molar-refractivity contribution in [1.82, 2.24) is 15.8 Å². The largest absolute Gasteiger partial charge is 0.504 e. The number of phenols is 1. The van der Waals surface area contributed by atoms with Gasteiger partial charge in [0.25, 0.3) is 5.91 Å². The zero-order valence-corrected chi connectivity index (χ0v) is 25.9. The van der Waals surface area contributed by atoms with Gasteiger partial charge in [-0.1, -0.05) is 43.3 Å². The molecule has 1 aliphatic rings. The Morgan fingerprint density at radius 1 is 1.13 bits per heavy atom. The number of methoxy groups -OCH3 is 1. The highest BCUT2D eigenvalue weighted by Gasteiger charge is 2.30. The lowest BCUT2D eigenvalue weighted by Gasteiger charge is -2.38. The first-order valence-corrected chi connectivity index (χ1v) is 15.0. The highest BCUT2D eigenvalue weighted by atomic mass is 19.1. The number of halogens is 1. The van der Waals surface area contributed by atoms with Gasteiger partial charge in [0, 0.05) is 49.1 Å². The van der Waals surface area contributed by atoms with Gasteiger partial charge in [0.15, 0.2) is 11.5 Å². The van der Waals surface area contributed by atoms with Crippen LogP contribution in [0.5, 0.6) is 11.5 Å². The van der Waals surface area contributed by atoms with Crippen LogP contribution >= 0.6 is 0 Å². The van der Waals surface area contributed by atoms with Gasteiger partial charge in [-0.3, -0.25) is 10.0 Å². The van der Waals surface area contributed by atoms with E-state index in [0.717, 1.165) is 17.5 Å². The standard InChI is InChI=1S/C36H33FN6O4/c1-22-21-43(14-13-31(22)40-19-24-5-3-23(4-6-24)7-12-34(45)42-46)36-28(18-39)35(26-8-9-27(17-38)30(37)15-26)29(20-41-36)25-10-11-33(47-2)32(44)16-25/h3-12,15-16,20,22,31,40,44,46H,13-14,19,21H2,1-2H3,(H,42,45)/b12-7+. The number of ether oxygens (including phenoxy) is 1. The zero-order chi connectivity index (χ0) is 33.5. The van der Waals surface area contributed by atoms with Crippen molar-refractivity contribution in [1.29, 1.82) is 10.5 Å². The molecule has 47 heavy (non-hydrogen) atoms. The molecule has 4 aromatic rings. The highest BCUT2D eigenvalue weighted by molar-refractivity contribution is 5.91. The van der Waals surface area contributed by atoms with Crippen molar-refractivity contribution in [3.63, 3.8) is 0 Å². The van der Waals surface area contributed by atoms with Crippen LogP contribution in [0.25, 0.3) is 28.3 Å². The van der Waals surface area contributed by atoms with Gasteiger partial charge < -0.3 is 20.1 Å². The lowest BCUT2D eigenvalue weighted by atomic mass is 9.90. The first kappa shape index (κ1) is 32.6. The minimum absolute atomic E-state index is 0.0900. The summed E-state index contributed by atoms with van der Waals surface area (Å²) in [6.45, 7) is 4.04. The first-order chi connectivity index (χ1) is 22.8. The maximum Gasteiger partial charge on any atom is 0.267 e. The number of phenolic OH excluding ortho intramolecular Hbond substituents is 1. The van der Waals surface area contributed by atoms with Crippen molar-refractivity contribution in [3.8, 4) is 45.9 Å². The summed E-state index contributed by atoms with van der Waals surface area (Å²) < 4.78 is 20.1. The Hall–Kier alpha value is -5.75. The van der Waals surface area contributed by atoms with Crippen LogP contribution in [0, 0.1) is 34.4 Å². The molecular weight excluding hydrogens is 599 g/mol. The van der Waals surface area contributed by atoms with E-state index >= 15 is 0 Å². The molecule has 1 fully saturated rings. The Morgan fingerprint density at radius 3 is 2.53 bits per heavy atom. The van der Waals surface area contributed by atoms with Crippen LogP contribution in [0.15, 0.2) is 72.9 Å². The molecule has 11 heteroatoms. The number of nitrogens with zero attached hydrogens (tertiary/aromatic N) is 4. The Morgan fingerprint density at radius 2 is 1.89 bits per heavy atom. The third kappa shape index (κ3) is 7.23. The second-order valence-corrected chi connectivity index (χ2v) is 11.3. The van der Waals surface area contributed by atoms with Crippen LogP contribution in [0.4, 0.5) is 10.2 Å². The van der Waals surface area contributed by atoms with Crippen LogP contribution in [0.1, 0.15) is 35.6 Å². The fraction of sp³-hybridized carbons (Fsp3) is 0.222. The van der Waals surface area contributed by atoms with Crippen LogP contribution in [-0.4, -0.2) is 47.4 Å². The Bertz CT molecular complexity index is 1900. The number of carbonyl (C=O) groups is 1. The minimum atomic E-state index is -0.698. The van der Waals surface area contributed by atoms with Crippen molar-refractivity contribution in [2.75, 3.05) is 25.1 Å². The summed E-state index contributed by atoms with van der Waals surface area (Å²) in [4.78, 5) is 18.0. The number of aromatic nitrogens is 1. The van der Waals surface area contributed by atoms with E-state index in [-0.39, 0.29) is 34.6 Å². The van der Waals surface area contributed by atoms with Crippen molar-refractivity contribution >= 4 is 17.8 Å². The molecule has 4 N–H and O–H groups in total. The van der Waals surface area contributed by atoms with Crippen molar-refractivity contribution in [2.45, 2.75) is 25.9 Å². The molecule has 0 radical (unpaired) electrons. The molecule has 0 saturated carbocycles. The van der Waals surface area contributed by atoms with Gasteiger partial charge in [0.2, 0.25) is 0 Å². The number of piperidine rings is 1. The van der Waals surface area contributed by atoms with Crippen molar-refractivity contribution < 1.29 is 24.2 Å². The molecule has 1 aromatic heterocycles. The summed E-state index contributed by atoms with van der Waals surface area (Å²) in [5, 5.41) is 42.6. The van der Waals surface area contributed by atoms with E-state index < -0.39 is 11.7 Å². The number of aromatic hydroxyl groups is 1.